The number of hydrogen-bond acceptors (Lipinski definition) is 4. The molecule has 3 rings (SSSR count). The van der Waals surface area contributed by atoms with Crippen molar-refractivity contribution in [3.63, 3.8) is 0 Å². The highest BCUT2D eigenvalue weighted by molar-refractivity contribution is 6.05. The van der Waals surface area contributed by atoms with Gasteiger partial charge < -0.3 is 14.5 Å². The third kappa shape index (κ3) is 2.76. The number of benzene rings is 1. The zero-order valence-electron chi connectivity index (χ0n) is 13.7. The number of hydrogen-bond donors (Lipinski definition) is 1. The Balaban J connectivity index is 2.05. The molecule has 0 fully saturated rings. The zero-order chi connectivity index (χ0) is 16.8. The Hall–Kier alpha value is -2.50. The van der Waals surface area contributed by atoms with Gasteiger partial charge in [-0.25, -0.2) is 9.59 Å². The number of carbonyl (C=O) groups excluding carboxylic acids is 2. The van der Waals surface area contributed by atoms with Crippen LogP contribution in [-0.4, -0.2) is 36.3 Å². The summed E-state index contributed by atoms with van der Waals surface area (Å²) in [4.78, 5) is 28.9. The number of H-pyrrole nitrogens is 1. The molecule has 0 spiro atoms. The molecule has 1 aliphatic rings. The normalized spacial score (nSPS) is 14.0. The van der Waals surface area contributed by atoms with Crippen LogP contribution in [-0.2, 0) is 15.9 Å². The Labute approximate surface area is 134 Å². The molecule has 0 saturated carbocycles. The van der Waals surface area contributed by atoms with E-state index in [2.05, 4.69) is 4.98 Å². The second-order valence-electron chi connectivity index (χ2n) is 6.59. The van der Waals surface area contributed by atoms with Crippen LogP contribution < -0.4 is 4.90 Å². The van der Waals surface area contributed by atoms with Crippen LogP contribution in [0.3, 0.4) is 0 Å². The standard InChI is InChI=1S/C17H20N2O4/c1-17(2,3)23-16(21)19-8-7-10-5-6-11-9-12(15(20)22-4)18-13(11)14(10)19/h5-6,9,18H,7-8H2,1-4H3. The van der Waals surface area contributed by atoms with E-state index in [1.54, 1.807) is 11.0 Å². The maximum atomic E-state index is 12.5. The predicted octanol–water partition coefficient (Wildman–Crippen LogP) is 3.25. The molecule has 0 aliphatic carbocycles. The van der Waals surface area contributed by atoms with Crippen LogP contribution in [0.5, 0.6) is 0 Å². The van der Waals surface area contributed by atoms with E-state index in [9.17, 15) is 9.59 Å². The minimum absolute atomic E-state index is 0.368. The van der Waals surface area contributed by atoms with Gasteiger partial charge in [-0.15, -0.1) is 0 Å². The highest BCUT2D eigenvalue weighted by Crippen LogP contribution is 2.36. The fourth-order valence-corrected chi connectivity index (χ4v) is 2.80. The number of ether oxygens (including phenoxy) is 2. The molecule has 6 heteroatoms. The average Bonchev–Trinajstić information content (AvgIpc) is 3.07. The molecule has 0 unspecified atom stereocenters. The first kappa shape index (κ1) is 15.4. The van der Waals surface area contributed by atoms with E-state index in [4.69, 9.17) is 9.47 Å². The Kier molecular flexibility index (Phi) is 3.55. The molecule has 1 amide bonds. The number of amides is 1. The molecule has 2 aromatic rings. The number of esters is 1. The number of aromatic amines is 1. The molecule has 0 radical (unpaired) electrons. The van der Waals surface area contributed by atoms with E-state index < -0.39 is 11.6 Å². The van der Waals surface area contributed by atoms with Gasteiger partial charge in [0.25, 0.3) is 0 Å². The summed E-state index contributed by atoms with van der Waals surface area (Å²) in [7, 11) is 1.34. The lowest BCUT2D eigenvalue weighted by Crippen LogP contribution is -2.35. The van der Waals surface area contributed by atoms with Crippen LogP contribution in [0, 0.1) is 0 Å². The fourth-order valence-electron chi connectivity index (χ4n) is 2.80. The molecule has 0 atom stereocenters. The van der Waals surface area contributed by atoms with Crippen molar-refractivity contribution in [2.24, 2.45) is 0 Å². The summed E-state index contributed by atoms with van der Waals surface area (Å²) in [5.74, 6) is -0.434. The first-order chi connectivity index (χ1) is 10.8. The van der Waals surface area contributed by atoms with Gasteiger partial charge in [0.2, 0.25) is 0 Å². The molecule has 0 saturated heterocycles. The third-order valence-electron chi connectivity index (χ3n) is 3.75. The summed E-state index contributed by atoms with van der Waals surface area (Å²) < 4.78 is 10.2. The third-order valence-corrected chi connectivity index (χ3v) is 3.75. The summed E-state index contributed by atoms with van der Waals surface area (Å²) in [5, 5.41) is 0.861. The lowest BCUT2D eigenvalue weighted by Gasteiger charge is -2.25. The van der Waals surface area contributed by atoms with Crippen LogP contribution in [0.1, 0.15) is 36.8 Å². The van der Waals surface area contributed by atoms with Gasteiger partial charge in [-0.3, -0.25) is 4.90 Å². The smallest absolute Gasteiger partial charge is 0.414 e. The molecule has 1 aliphatic heterocycles. The Bertz CT molecular complexity index is 786. The van der Waals surface area contributed by atoms with Crippen molar-refractivity contribution in [2.75, 3.05) is 18.6 Å². The Morgan fingerprint density at radius 3 is 2.65 bits per heavy atom. The van der Waals surface area contributed by atoms with Crippen molar-refractivity contribution in [3.8, 4) is 0 Å². The summed E-state index contributed by atoms with van der Waals surface area (Å²) in [6, 6.07) is 5.65. The summed E-state index contributed by atoms with van der Waals surface area (Å²) in [5.41, 5.74) is 2.41. The molecular weight excluding hydrogens is 296 g/mol. The van der Waals surface area contributed by atoms with Crippen LogP contribution in [0.15, 0.2) is 18.2 Å². The van der Waals surface area contributed by atoms with E-state index in [1.165, 1.54) is 7.11 Å². The monoisotopic (exact) mass is 316 g/mol. The van der Waals surface area contributed by atoms with Gasteiger partial charge in [0.15, 0.2) is 0 Å². The molecule has 122 valence electrons. The molecule has 6 nitrogen and oxygen atoms in total. The van der Waals surface area contributed by atoms with Gasteiger partial charge >= 0.3 is 12.1 Å². The molecule has 1 N–H and O–H groups in total. The van der Waals surface area contributed by atoms with Crippen molar-refractivity contribution in [1.29, 1.82) is 0 Å². The molecule has 23 heavy (non-hydrogen) atoms. The van der Waals surface area contributed by atoms with Crippen molar-refractivity contribution < 1.29 is 19.1 Å². The fraction of sp³-hybridized carbons (Fsp3) is 0.412. The maximum Gasteiger partial charge on any atom is 0.414 e. The second kappa shape index (κ2) is 5.30. The van der Waals surface area contributed by atoms with Crippen molar-refractivity contribution in [3.05, 3.63) is 29.5 Å². The van der Waals surface area contributed by atoms with Gasteiger partial charge in [-0.2, -0.15) is 0 Å². The van der Waals surface area contributed by atoms with Crippen LogP contribution in [0.4, 0.5) is 10.5 Å². The van der Waals surface area contributed by atoms with Crippen LogP contribution in [0.25, 0.3) is 10.9 Å². The van der Waals surface area contributed by atoms with Crippen molar-refractivity contribution in [1.82, 2.24) is 4.98 Å². The number of carbonyl (C=O) groups is 2. The van der Waals surface area contributed by atoms with Crippen molar-refractivity contribution in [2.45, 2.75) is 32.8 Å². The van der Waals surface area contributed by atoms with Crippen LogP contribution >= 0.6 is 0 Å². The van der Waals surface area contributed by atoms with E-state index in [0.29, 0.717) is 12.2 Å². The largest absolute Gasteiger partial charge is 0.464 e. The van der Waals surface area contributed by atoms with E-state index in [0.717, 1.165) is 28.6 Å². The Morgan fingerprint density at radius 2 is 2.00 bits per heavy atom. The van der Waals surface area contributed by atoms with Gasteiger partial charge in [0.1, 0.15) is 11.3 Å². The number of nitrogens with zero attached hydrogens (tertiary/aromatic N) is 1. The summed E-state index contributed by atoms with van der Waals surface area (Å²) >= 11 is 0. The lowest BCUT2D eigenvalue weighted by atomic mass is 10.1. The highest BCUT2D eigenvalue weighted by Gasteiger charge is 2.31. The molecular formula is C17H20N2O4. The second-order valence-corrected chi connectivity index (χ2v) is 6.59. The number of anilines is 1. The molecule has 2 heterocycles. The topological polar surface area (TPSA) is 71.6 Å². The minimum Gasteiger partial charge on any atom is -0.464 e. The maximum absolute atomic E-state index is 12.5. The van der Waals surface area contributed by atoms with Gasteiger partial charge in [-0.1, -0.05) is 12.1 Å². The van der Waals surface area contributed by atoms with Gasteiger partial charge in [-0.05, 0) is 38.8 Å². The average molecular weight is 316 g/mol. The molecule has 1 aromatic carbocycles. The van der Waals surface area contributed by atoms with Gasteiger partial charge in [0.05, 0.1) is 18.3 Å². The highest BCUT2D eigenvalue weighted by atomic mass is 16.6. The van der Waals surface area contributed by atoms with Gasteiger partial charge in [0, 0.05) is 11.9 Å². The molecule has 1 aromatic heterocycles. The van der Waals surface area contributed by atoms with Crippen molar-refractivity contribution >= 4 is 28.7 Å². The first-order valence-electron chi connectivity index (χ1n) is 7.53. The lowest BCUT2D eigenvalue weighted by molar-refractivity contribution is 0.0579. The number of methoxy groups -OCH3 is 1. The quantitative estimate of drug-likeness (QED) is 0.820. The first-order valence-corrected chi connectivity index (χ1v) is 7.53. The minimum atomic E-state index is -0.555. The van der Waals surface area contributed by atoms with Crippen LogP contribution in [0.2, 0.25) is 0 Å². The molecule has 0 bridgehead atoms. The summed E-state index contributed by atoms with van der Waals surface area (Å²) in [6.07, 6.45) is 0.384. The Morgan fingerprint density at radius 1 is 1.26 bits per heavy atom. The van der Waals surface area contributed by atoms with E-state index in [1.807, 2.05) is 32.9 Å². The number of nitrogens with one attached hydrogen (secondary N) is 1. The van der Waals surface area contributed by atoms with E-state index >= 15 is 0 Å². The number of fused-ring (bicyclic) bond motifs is 3. The summed E-state index contributed by atoms with van der Waals surface area (Å²) in [6.45, 7) is 6.08. The zero-order valence-corrected chi connectivity index (χ0v) is 13.7. The SMILES string of the molecule is COC(=O)c1cc2ccc3c(c2[nH]1)N(C(=O)OC(C)(C)C)CC3. The number of rotatable bonds is 1. The number of aromatic nitrogens is 1. The predicted molar refractivity (Wildman–Crippen MR) is 86.9 cm³/mol. The van der Waals surface area contributed by atoms with E-state index in [-0.39, 0.29) is 6.09 Å².